The largest absolute Gasteiger partial charge is 0.403 e. The maximum Gasteiger partial charge on any atom is 0.403 e. The van der Waals surface area contributed by atoms with Gasteiger partial charge >= 0.3 is 12.2 Å². The number of carbonyl (C=O) groups excluding carboxylic acids is 1. The quantitative estimate of drug-likeness (QED) is 0.778. The van der Waals surface area contributed by atoms with Crippen LogP contribution in [0.5, 0.6) is 0 Å². The molecule has 0 saturated carbocycles. The van der Waals surface area contributed by atoms with E-state index in [2.05, 4.69) is 17.6 Å². The summed E-state index contributed by atoms with van der Waals surface area (Å²) in [5.41, 5.74) is 0. The molecule has 0 aromatic carbocycles. The Balaban J connectivity index is 1.74. The number of nitrogens with zero attached hydrogens (tertiary/aromatic N) is 1. The fourth-order valence-electron chi connectivity index (χ4n) is 2.74. The molecule has 7 heteroatoms. The van der Waals surface area contributed by atoms with Crippen LogP contribution in [-0.2, 0) is 0 Å². The van der Waals surface area contributed by atoms with Gasteiger partial charge in [0.15, 0.2) is 0 Å². The van der Waals surface area contributed by atoms with E-state index in [0.29, 0.717) is 12.3 Å². The molecule has 0 aromatic rings. The van der Waals surface area contributed by atoms with Crippen molar-refractivity contribution in [3.05, 3.63) is 0 Å². The molecule has 0 aromatic heterocycles. The number of rotatable bonds is 1. The molecule has 0 radical (unpaired) electrons. The van der Waals surface area contributed by atoms with Crippen LogP contribution >= 0.6 is 0 Å². The Kier molecular flexibility index (Phi) is 4.78. The minimum atomic E-state index is -4.20. The Bertz CT molecular complexity index is 332. The van der Waals surface area contributed by atoms with Crippen LogP contribution in [0.1, 0.15) is 32.6 Å². The molecule has 2 aliphatic heterocycles. The standard InChI is InChI=1S/C13H22F3N3O/c1-9-4-6-19(7-5-9)12(20)18-10-2-3-11(17-8-10)13(14,15)16/h9-11,17H,2-8H2,1H3,(H,18,20). The highest BCUT2D eigenvalue weighted by Gasteiger charge is 2.41. The molecule has 2 rings (SSSR count). The van der Waals surface area contributed by atoms with Crippen LogP contribution in [0.15, 0.2) is 0 Å². The van der Waals surface area contributed by atoms with Crippen molar-refractivity contribution in [3.63, 3.8) is 0 Å². The minimum absolute atomic E-state index is 0.0193. The number of carbonyl (C=O) groups is 1. The lowest BCUT2D eigenvalue weighted by Gasteiger charge is -2.35. The number of piperidine rings is 2. The zero-order valence-electron chi connectivity index (χ0n) is 11.7. The van der Waals surface area contributed by atoms with Gasteiger partial charge in [0, 0.05) is 25.7 Å². The van der Waals surface area contributed by atoms with E-state index in [1.807, 2.05) is 0 Å². The van der Waals surface area contributed by atoms with Crippen LogP contribution in [0.4, 0.5) is 18.0 Å². The van der Waals surface area contributed by atoms with Gasteiger partial charge < -0.3 is 15.5 Å². The molecule has 2 heterocycles. The van der Waals surface area contributed by atoms with Crippen molar-refractivity contribution >= 4 is 6.03 Å². The molecule has 0 bridgehead atoms. The summed E-state index contributed by atoms with van der Waals surface area (Å²) in [5, 5.41) is 5.30. The summed E-state index contributed by atoms with van der Waals surface area (Å²) in [6.07, 6.45) is -1.82. The lowest BCUT2D eigenvalue weighted by molar-refractivity contribution is -0.160. The zero-order valence-corrected chi connectivity index (χ0v) is 11.7. The van der Waals surface area contributed by atoms with Gasteiger partial charge in [0.05, 0.1) is 0 Å². The number of likely N-dealkylation sites (tertiary alicyclic amines) is 1. The van der Waals surface area contributed by atoms with Gasteiger partial charge in [-0.15, -0.1) is 0 Å². The first-order chi connectivity index (χ1) is 9.36. The van der Waals surface area contributed by atoms with Crippen LogP contribution in [-0.4, -0.2) is 48.8 Å². The third-order valence-corrected chi connectivity index (χ3v) is 4.21. The molecule has 0 aliphatic carbocycles. The van der Waals surface area contributed by atoms with Crippen molar-refractivity contribution in [1.29, 1.82) is 0 Å². The van der Waals surface area contributed by atoms with E-state index in [9.17, 15) is 18.0 Å². The van der Waals surface area contributed by atoms with Crippen molar-refractivity contribution in [2.24, 2.45) is 5.92 Å². The molecule has 20 heavy (non-hydrogen) atoms. The number of hydrogen-bond acceptors (Lipinski definition) is 2. The van der Waals surface area contributed by atoms with Gasteiger partial charge in [-0.3, -0.25) is 0 Å². The Hall–Kier alpha value is -0.980. The third kappa shape index (κ3) is 4.01. The summed E-state index contributed by atoms with van der Waals surface area (Å²) >= 11 is 0. The number of nitrogens with one attached hydrogen (secondary N) is 2. The number of hydrogen-bond donors (Lipinski definition) is 2. The highest BCUT2D eigenvalue weighted by Crippen LogP contribution is 2.26. The fraction of sp³-hybridized carbons (Fsp3) is 0.923. The maximum absolute atomic E-state index is 12.5. The third-order valence-electron chi connectivity index (χ3n) is 4.21. The number of urea groups is 1. The molecular weight excluding hydrogens is 271 g/mol. The van der Waals surface area contributed by atoms with Gasteiger partial charge in [0.1, 0.15) is 6.04 Å². The summed E-state index contributed by atoms with van der Waals surface area (Å²) in [6, 6.07) is -1.79. The van der Waals surface area contributed by atoms with E-state index in [-0.39, 0.29) is 25.0 Å². The van der Waals surface area contributed by atoms with Crippen LogP contribution in [0.2, 0.25) is 0 Å². The Morgan fingerprint density at radius 2 is 1.85 bits per heavy atom. The van der Waals surface area contributed by atoms with Crippen LogP contribution < -0.4 is 10.6 Å². The lowest BCUT2D eigenvalue weighted by atomic mass is 9.99. The summed E-state index contributed by atoms with van der Waals surface area (Å²) in [7, 11) is 0. The van der Waals surface area contributed by atoms with Crippen molar-refractivity contribution in [1.82, 2.24) is 15.5 Å². The SMILES string of the molecule is CC1CCN(C(=O)NC2CCC(C(F)(F)F)NC2)CC1. The first-order valence-corrected chi connectivity index (χ1v) is 7.22. The molecule has 2 saturated heterocycles. The second-order valence-corrected chi connectivity index (χ2v) is 5.90. The predicted molar refractivity (Wildman–Crippen MR) is 69.4 cm³/mol. The van der Waals surface area contributed by atoms with Gasteiger partial charge in [0.2, 0.25) is 0 Å². The average Bonchev–Trinajstić information content (AvgIpc) is 2.39. The monoisotopic (exact) mass is 293 g/mol. The summed E-state index contributed by atoms with van der Waals surface area (Å²) in [6.45, 7) is 3.81. The number of halogens is 3. The maximum atomic E-state index is 12.5. The minimum Gasteiger partial charge on any atom is -0.334 e. The van der Waals surface area contributed by atoms with Gasteiger partial charge in [-0.1, -0.05) is 6.92 Å². The van der Waals surface area contributed by atoms with E-state index >= 15 is 0 Å². The van der Waals surface area contributed by atoms with Crippen molar-refractivity contribution < 1.29 is 18.0 Å². The normalized spacial score (nSPS) is 29.3. The lowest BCUT2D eigenvalue weighted by Crippen LogP contribution is -2.56. The molecule has 2 amide bonds. The van der Waals surface area contributed by atoms with Crippen molar-refractivity contribution in [2.45, 2.75) is 50.9 Å². The van der Waals surface area contributed by atoms with Crippen LogP contribution in [0.25, 0.3) is 0 Å². The Morgan fingerprint density at radius 1 is 1.20 bits per heavy atom. The van der Waals surface area contributed by atoms with Crippen molar-refractivity contribution in [3.8, 4) is 0 Å². The molecule has 2 aliphatic rings. The first-order valence-electron chi connectivity index (χ1n) is 7.22. The van der Waals surface area contributed by atoms with E-state index in [1.54, 1.807) is 4.90 Å². The van der Waals surface area contributed by atoms with Gasteiger partial charge in [-0.25, -0.2) is 4.79 Å². The molecule has 4 nitrogen and oxygen atoms in total. The molecule has 116 valence electrons. The van der Waals surface area contributed by atoms with E-state index in [1.165, 1.54) is 0 Å². The average molecular weight is 293 g/mol. The number of alkyl halides is 3. The zero-order chi connectivity index (χ0) is 14.8. The second kappa shape index (κ2) is 6.20. The van der Waals surface area contributed by atoms with Crippen LogP contribution in [0, 0.1) is 5.92 Å². The summed E-state index contributed by atoms with van der Waals surface area (Å²) < 4.78 is 37.5. The highest BCUT2D eigenvalue weighted by molar-refractivity contribution is 5.74. The molecule has 2 unspecified atom stereocenters. The van der Waals surface area contributed by atoms with Crippen LogP contribution in [0.3, 0.4) is 0 Å². The smallest absolute Gasteiger partial charge is 0.334 e. The predicted octanol–water partition coefficient (Wildman–Crippen LogP) is 2.11. The first kappa shape index (κ1) is 15.4. The van der Waals surface area contributed by atoms with Gasteiger partial charge in [-0.05, 0) is 31.6 Å². The fourth-order valence-corrected chi connectivity index (χ4v) is 2.74. The van der Waals surface area contributed by atoms with Crippen molar-refractivity contribution in [2.75, 3.05) is 19.6 Å². The second-order valence-electron chi connectivity index (χ2n) is 5.90. The Labute approximate surface area is 117 Å². The molecule has 2 N–H and O–H groups in total. The van der Waals surface area contributed by atoms with E-state index in [4.69, 9.17) is 0 Å². The molecule has 2 atom stereocenters. The van der Waals surface area contributed by atoms with Gasteiger partial charge in [0.25, 0.3) is 0 Å². The number of amides is 2. The van der Waals surface area contributed by atoms with E-state index < -0.39 is 12.2 Å². The highest BCUT2D eigenvalue weighted by atomic mass is 19.4. The summed E-state index contributed by atoms with van der Waals surface area (Å²) in [5.74, 6) is 0.642. The molecule has 2 fully saturated rings. The van der Waals surface area contributed by atoms with Gasteiger partial charge in [-0.2, -0.15) is 13.2 Å². The molecule has 0 spiro atoms. The summed E-state index contributed by atoms with van der Waals surface area (Å²) in [4.78, 5) is 13.8. The topological polar surface area (TPSA) is 44.4 Å². The van der Waals surface area contributed by atoms with E-state index in [0.717, 1.165) is 25.9 Å². The Morgan fingerprint density at radius 3 is 2.35 bits per heavy atom. The molecular formula is C13H22F3N3O.